The normalized spacial score (nSPS) is 21.8. The molecule has 0 aromatic carbocycles. The third-order valence-corrected chi connectivity index (χ3v) is 6.52. The number of aromatic nitrogens is 4. The van der Waals surface area contributed by atoms with Gasteiger partial charge < -0.3 is 0 Å². The minimum atomic E-state index is -3.17. The smallest absolute Gasteiger partial charge is 0.214 e. The highest BCUT2D eigenvalue weighted by Crippen LogP contribution is 2.28. The van der Waals surface area contributed by atoms with Gasteiger partial charge in [0.05, 0.1) is 23.2 Å². The van der Waals surface area contributed by atoms with Gasteiger partial charge in [0.2, 0.25) is 10.0 Å². The Morgan fingerprint density at radius 2 is 2.17 bits per heavy atom. The molecule has 2 aromatic rings. The number of nitrogens with zero attached hydrogens (tertiary/aromatic N) is 5. The lowest BCUT2D eigenvalue weighted by Gasteiger charge is -2.33. The molecule has 4 rings (SSSR count). The van der Waals surface area contributed by atoms with Crippen LogP contribution in [0.4, 0.5) is 0 Å². The van der Waals surface area contributed by atoms with E-state index in [0.717, 1.165) is 43.7 Å². The fourth-order valence-electron chi connectivity index (χ4n) is 3.26. The molecule has 9 heteroatoms. The van der Waals surface area contributed by atoms with Gasteiger partial charge in [-0.3, -0.25) is 14.3 Å². The lowest BCUT2D eigenvalue weighted by Crippen LogP contribution is -2.43. The number of nitrogens with one attached hydrogen (secondary N) is 1. The Morgan fingerprint density at radius 1 is 1.33 bits per heavy atom. The predicted molar refractivity (Wildman–Crippen MR) is 88.5 cm³/mol. The van der Waals surface area contributed by atoms with Crippen molar-refractivity contribution in [1.29, 1.82) is 0 Å². The molecule has 0 spiro atoms. The molecule has 130 valence electrons. The molecule has 24 heavy (non-hydrogen) atoms. The van der Waals surface area contributed by atoms with Crippen LogP contribution in [0.3, 0.4) is 0 Å². The maximum atomic E-state index is 12.1. The van der Waals surface area contributed by atoms with E-state index < -0.39 is 10.0 Å². The lowest BCUT2D eigenvalue weighted by molar-refractivity contribution is 0.168. The maximum Gasteiger partial charge on any atom is 0.214 e. The number of hydrogen-bond donors (Lipinski definition) is 1. The Balaban J connectivity index is 1.46. The summed E-state index contributed by atoms with van der Waals surface area (Å²) in [5.74, 6) is 0. The van der Waals surface area contributed by atoms with Gasteiger partial charge in [-0.2, -0.15) is 10.2 Å². The number of rotatable bonds is 6. The van der Waals surface area contributed by atoms with Gasteiger partial charge in [-0.15, -0.1) is 0 Å². The monoisotopic (exact) mass is 350 g/mol. The third-order valence-electron chi connectivity index (χ3n) is 4.60. The Kier molecular flexibility index (Phi) is 3.93. The third kappa shape index (κ3) is 3.24. The standard InChI is InChI=1S/C15H22N6O2S/c1-19-8-12(6-17-19)9-20-10-13-4-5-16-21(13)14(11-20)7-18-24(22,23)15-2-3-15/h4-6,8,14-15,18H,2-3,7,9-11H2,1H3/t14-/m0/s1. The molecule has 2 aliphatic rings. The zero-order chi connectivity index (χ0) is 16.7. The minimum absolute atomic E-state index is 0.00828. The summed E-state index contributed by atoms with van der Waals surface area (Å²) in [5, 5.41) is 8.40. The average molecular weight is 350 g/mol. The van der Waals surface area contributed by atoms with Gasteiger partial charge in [0, 0.05) is 51.2 Å². The molecule has 1 N–H and O–H groups in total. The van der Waals surface area contributed by atoms with E-state index in [0.29, 0.717) is 6.54 Å². The maximum absolute atomic E-state index is 12.1. The van der Waals surface area contributed by atoms with E-state index in [1.54, 1.807) is 10.9 Å². The van der Waals surface area contributed by atoms with Crippen molar-refractivity contribution in [2.45, 2.75) is 37.2 Å². The second kappa shape index (κ2) is 5.98. The SMILES string of the molecule is Cn1cc(CN2Cc3ccnn3[C@@H](CNS(=O)(=O)C3CC3)C2)cn1. The number of aryl methyl sites for hydroxylation is 1. The Labute approximate surface area is 141 Å². The van der Waals surface area contributed by atoms with Crippen LogP contribution >= 0.6 is 0 Å². The van der Waals surface area contributed by atoms with Crippen molar-refractivity contribution in [3.05, 3.63) is 35.9 Å². The summed E-state index contributed by atoms with van der Waals surface area (Å²) in [6.45, 7) is 2.75. The van der Waals surface area contributed by atoms with Gasteiger partial charge in [0.15, 0.2) is 0 Å². The summed E-state index contributed by atoms with van der Waals surface area (Å²) in [5.41, 5.74) is 2.27. The molecule has 1 aliphatic carbocycles. The fourth-order valence-corrected chi connectivity index (χ4v) is 4.67. The van der Waals surface area contributed by atoms with Crippen LogP contribution in [0, 0.1) is 0 Å². The van der Waals surface area contributed by atoms with Crippen LogP contribution in [-0.2, 0) is 30.2 Å². The van der Waals surface area contributed by atoms with Crippen LogP contribution in [0.2, 0.25) is 0 Å². The molecular formula is C15H22N6O2S. The molecular weight excluding hydrogens is 328 g/mol. The number of hydrogen-bond acceptors (Lipinski definition) is 5. The fraction of sp³-hybridized carbons (Fsp3) is 0.600. The Hall–Kier alpha value is -1.71. The summed E-state index contributed by atoms with van der Waals surface area (Å²) >= 11 is 0. The topological polar surface area (TPSA) is 85.0 Å². The minimum Gasteiger partial charge on any atom is -0.291 e. The quantitative estimate of drug-likeness (QED) is 0.807. The van der Waals surface area contributed by atoms with E-state index >= 15 is 0 Å². The molecule has 0 unspecified atom stereocenters. The second-order valence-electron chi connectivity index (χ2n) is 6.71. The molecule has 0 amide bonds. The molecule has 0 radical (unpaired) electrons. The van der Waals surface area contributed by atoms with E-state index in [1.807, 2.05) is 30.2 Å². The van der Waals surface area contributed by atoms with Gasteiger partial charge >= 0.3 is 0 Å². The van der Waals surface area contributed by atoms with Crippen molar-refractivity contribution in [3.63, 3.8) is 0 Å². The molecule has 1 aliphatic heterocycles. The van der Waals surface area contributed by atoms with Gasteiger partial charge in [0.1, 0.15) is 0 Å². The van der Waals surface area contributed by atoms with Gasteiger partial charge in [-0.05, 0) is 18.9 Å². The molecule has 0 bridgehead atoms. The zero-order valence-electron chi connectivity index (χ0n) is 13.7. The summed E-state index contributed by atoms with van der Waals surface area (Å²) in [6, 6.07) is 2.01. The van der Waals surface area contributed by atoms with Crippen molar-refractivity contribution in [1.82, 2.24) is 29.2 Å². The first-order valence-corrected chi connectivity index (χ1v) is 9.76. The van der Waals surface area contributed by atoms with E-state index in [9.17, 15) is 8.42 Å². The van der Waals surface area contributed by atoms with Crippen LogP contribution in [0.25, 0.3) is 0 Å². The lowest BCUT2D eigenvalue weighted by atomic mass is 10.1. The van der Waals surface area contributed by atoms with Crippen LogP contribution in [-0.4, -0.2) is 51.2 Å². The van der Waals surface area contributed by atoms with Gasteiger partial charge in [0.25, 0.3) is 0 Å². The molecule has 3 heterocycles. The van der Waals surface area contributed by atoms with E-state index in [1.165, 1.54) is 0 Å². The number of sulfonamides is 1. The first-order valence-electron chi connectivity index (χ1n) is 8.22. The summed E-state index contributed by atoms with van der Waals surface area (Å²) < 4.78 is 30.7. The molecule has 0 saturated heterocycles. The Morgan fingerprint density at radius 3 is 2.88 bits per heavy atom. The molecule has 2 aromatic heterocycles. The molecule has 1 saturated carbocycles. The van der Waals surface area contributed by atoms with Crippen molar-refractivity contribution >= 4 is 10.0 Å². The molecule has 8 nitrogen and oxygen atoms in total. The highest BCUT2D eigenvalue weighted by molar-refractivity contribution is 7.90. The van der Waals surface area contributed by atoms with Crippen LogP contribution < -0.4 is 4.72 Å². The van der Waals surface area contributed by atoms with E-state index in [4.69, 9.17) is 0 Å². The van der Waals surface area contributed by atoms with Crippen molar-refractivity contribution in [2.24, 2.45) is 7.05 Å². The zero-order valence-corrected chi connectivity index (χ0v) is 14.5. The van der Waals surface area contributed by atoms with E-state index in [2.05, 4.69) is 19.8 Å². The number of fused-ring (bicyclic) bond motifs is 1. The van der Waals surface area contributed by atoms with Crippen molar-refractivity contribution < 1.29 is 8.42 Å². The van der Waals surface area contributed by atoms with Crippen molar-refractivity contribution in [3.8, 4) is 0 Å². The highest BCUT2D eigenvalue weighted by atomic mass is 32.2. The largest absolute Gasteiger partial charge is 0.291 e. The first kappa shape index (κ1) is 15.8. The average Bonchev–Trinajstić information content (AvgIpc) is 3.18. The van der Waals surface area contributed by atoms with Crippen LogP contribution in [0.5, 0.6) is 0 Å². The van der Waals surface area contributed by atoms with Crippen LogP contribution in [0.1, 0.15) is 30.1 Å². The molecule has 1 fully saturated rings. The summed E-state index contributed by atoms with van der Waals surface area (Å²) in [7, 11) is -1.26. The molecule has 1 atom stereocenters. The summed E-state index contributed by atoms with van der Waals surface area (Å²) in [4.78, 5) is 2.31. The predicted octanol–water partition coefficient (Wildman–Crippen LogP) is 0.255. The highest BCUT2D eigenvalue weighted by Gasteiger charge is 2.36. The van der Waals surface area contributed by atoms with Gasteiger partial charge in [-0.25, -0.2) is 13.1 Å². The van der Waals surface area contributed by atoms with Crippen LogP contribution in [0.15, 0.2) is 24.7 Å². The second-order valence-corrected chi connectivity index (χ2v) is 8.75. The summed E-state index contributed by atoms with van der Waals surface area (Å²) in [6.07, 6.45) is 7.22. The first-order chi connectivity index (χ1) is 11.5. The van der Waals surface area contributed by atoms with E-state index in [-0.39, 0.29) is 11.3 Å². The van der Waals surface area contributed by atoms with Crippen molar-refractivity contribution in [2.75, 3.05) is 13.1 Å². The Bertz CT molecular complexity index is 823. The van der Waals surface area contributed by atoms with Gasteiger partial charge in [-0.1, -0.05) is 0 Å².